The molecule has 0 amide bonds. The van der Waals surface area contributed by atoms with Crippen LogP contribution in [0, 0.1) is 0 Å². The van der Waals surface area contributed by atoms with Crippen molar-refractivity contribution in [2.45, 2.75) is 19.3 Å². The van der Waals surface area contributed by atoms with Gasteiger partial charge in [-0.3, -0.25) is 0 Å². The fourth-order valence-corrected chi connectivity index (χ4v) is 11.3. The first-order valence-corrected chi connectivity index (χ1v) is 24.0. The van der Waals surface area contributed by atoms with Gasteiger partial charge in [0.25, 0.3) is 0 Å². The maximum Gasteiger partial charge on any atom is 0.0540 e. The molecule has 0 heterocycles. The number of para-hydroxylation sites is 3. The topological polar surface area (TPSA) is 6.48 Å². The van der Waals surface area contributed by atoms with Gasteiger partial charge >= 0.3 is 0 Å². The fraction of sp³-hybridized carbons (Fsp3) is 0.0448. The third-order valence-electron chi connectivity index (χ3n) is 14.6. The summed E-state index contributed by atoms with van der Waals surface area (Å²) in [5, 5.41) is 10.1. The van der Waals surface area contributed by atoms with Crippen LogP contribution in [0.5, 0.6) is 0 Å². The number of fused-ring (bicyclic) bond motifs is 10. The van der Waals surface area contributed by atoms with Crippen molar-refractivity contribution in [3.05, 3.63) is 266 Å². The molecule has 326 valence electrons. The third kappa shape index (κ3) is 6.71. The molecule has 0 fully saturated rings. The van der Waals surface area contributed by atoms with Gasteiger partial charge in [-0.2, -0.15) is 0 Å². The average molecular weight is 881 g/mol. The first-order valence-electron chi connectivity index (χ1n) is 24.0. The molecule has 2 nitrogen and oxygen atoms in total. The van der Waals surface area contributed by atoms with Gasteiger partial charge in [0.05, 0.1) is 5.69 Å². The molecule has 0 aliphatic heterocycles. The zero-order valence-corrected chi connectivity index (χ0v) is 38.6. The molecular formula is C67H48N2. The molecule has 0 unspecified atom stereocenters. The lowest BCUT2D eigenvalue weighted by Gasteiger charge is -2.27. The summed E-state index contributed by atoms with van der Waals surface area (Å²) >= 11 is 0. The van der Waals surface area contributed by atoms with Crippen LogP contribution < -0.4 is 9.80 Å². The average Bonchev–Trinajstić information content (AvgIpc) is 3.65. The molecule has 0 aromatic heterocycles. The van der Waals surface area contributed by atoms with E-state index >= 15 is 0 Å². The monoisotopic (exact) mass is 880 g/mol. The Hall–Kier alpha value is -8.72. The van der Waals surface area contributed by atoms with Gasteiger partial charge in [0.2, 0.25) is 0 Å². The number of benzene rings is 12. The van der Waals surface area contributed by atoms with Crippen molar-refractivity contribution in [1.29, 1.82) is 0 Å². The predicted molar refractivity (Wildman–Crippen MR) is 294 cm³/mol. The molecule has 0 radical (unpaired) electrons. The Morgan fingerprint density at radius 3 is 1.51 bits per heavy atom. The smallest absolute Gasteiger partial charge is 0.0540 e. The summed E-state index contributed by atoms with van der Waals surface area (Å²) in [6, 6.07) is 93.4. The number of hydrogen-bond donors (Lipinski definition) is 0. The van der Waals surface area contributed by atoms with E-state index in [9.17, 15) is 0 Å². The van der Waals surface area contributed by atoms with Crippen molar-refractivity contribution < 1.29 is 0 Å². The second kappa shape index (κ2) is 16.3. The minimum absolute atomic E-state index is 0.239. The zero-order chi connectivity index (χ0) is 46.1. The van der Waals surface area contributed by atoms with Crippen molar-refractivity contribution in [3.8, 4) is 33.4 Å². The summed E-state index contributed by atoms with van der Waals surface area (Å²) in [5.74, 6) is 0. The van der Waals surface area contributed by atoms with Crippen LogP contribution in [0.2, 0.25) is 0 Å². The molecule has 12 aromatic rings. The number of anilines is 6. The van der Waals surface area contributed by atoms with Crippen LogP contribution >= 0.6 is 0 Å². The molecule has 0 atom stereocenters. The van der Waals surface area contributed by atoms with Gasteiger partial charge in [-0.05, 0) is 161 Å². The second-order valence-corrected chi connectivity index (χ2v) is 18.9. The molecule has 1 aliphatic carbocycles. The molecule has 0 bridgehead atoms. The number of rotatable bonds is 8. The van der Waals surface area contributed by atoms with E-state index in [4.69, 9.17) is 0 Å². The minimum Gasteiger partial charge on any atom is -0.310 e. The van der Waals surface area contributed by atoms with E-state index < -0.39 is 0 Å². The summed E-state index contributed by atoms with van der Waals surface area (Å²) in [6.45, 7) is 4.84. The highest BCUT2D eigenvalue weighted by Gasteiger charge is 2.39. The number of hydrogen-bond acceptors (Lipinski definition) is 2. The van der Waals surface area contributed by atoms with E-state index in [-0.39, 0.29) is 5.41 Å². The van der Waals surface area contributed by atoms with Gasteiger partial charge in [0.1, 0.15) is 0 Å². The fourth-order valence-electron chi connectivity index (χ4n) is 11.3. The van der Waals surface area contributed by atoms with Crippen LogP contribution in [0.1, 0.15) is 25.0 Å². The van der Waals surface area contributed by atoms with Crippen molar-refractivity contribution in [2.75, 3.05) is 9.80 Å². The van der Waals surface area contributed by atoms with E-state index in [1.807, 2.05) is 0 Å². The Labute approximate surface area is 403 Å². The van der Waals surface area contributed by atoms with E-state index in [2.05, 4.69) is 278 Å². The lowest BCUT2D eigenvalue weighted by molar-refractivity contribution is 0.667. The van der Waals surface area contributed by atoms with E-state index in [0.29, 0.717) is 0 Å². The standard InChI is InChI=1S/C67H48N2/c1-67(2)63-44-48(46-30-35-53(36-31-46)68(50-20-6-3-7-21-50)54-37-32-45-18-12-13-19-47(45)42-54)33-39-61(63)65-59-29-17-15-27-57(59)62-43-49(34-38-60(62)66(65)67)55-40-41-64(58-28-16-14-26-56(55)58)69(51-22-8-4-9-23-51)52-24-10-5-11-25-52/h3-44H,1-2H3. The summed E-state index contributed by atoms with van der Waals surface area (Å²) in [5.41, 5.74) is 16.9. The highest BCUT2D eigenvalue weighted by molar-refractivity contribution is 6.19. The van der Waals surface area contributed by atoms with Crippen LogP contribution in [0.3, 0.4) is 0 Å². The quantitative estimate of drug-likeness (QED) is 0.140. The second-order valence-electron chi connectivity index (χ2n) is 18.9. The molecule has 0 saturated carbocycles. The molecule has 1 aliphatic rings. The van der Waals surface area contributed by atoms with Crippen LogP contribution in [-0.4, -0.2) is 0 Å². The van der Waals surface area contributed by atoms with Crippen LogP contribution in [-0.2, 0) is 5.41 Å². The van der Waals surface area contributed by atoms with Crippen LogP contribution in [0.4, 0.5) is 34.1 Å². The first-order chi connectivity index (χ1) is 34.0. The van der Waals surface area contributed by atoms with Gasteiger partial charge in [-0.25, -0.2) is 0 Å². The Kier molecular flexibility index (Phi) is 9.55. The summed E-state index contributed by atoms with van der Waals surface area (Å²) in [7, 11) is 0. The first kappa shape index (κ1) is 40.5. The molecule has 0 saturated heterocycles. The lowest BCUT2D eigenvalue weighted by Crippen LogP contribution is -2.15. The SMILES string of the molecule is CC1(C)c2cc(-c3ccc(N(c4ccccc4)c4ccc5ccccc5c4)cc3)ccc2-c2c1c1ccc(-c3ccc(N(c4ccccc4)c4ccccc4)c4ccccc34)cc1c1ccccc21. The Bertz CT molecular complexity index is 3870. The normalized spacial score (nSPS) is 12.6. The molecular weight excluding hydrogens is 833 g/mol. The van der Waals surface area contributed by atoms with Gasteiger partial charge in [0.15, 0.2) is 0 Å². The molecule has 12 aromatic carbocycles. The predicted octanol–water partition coefficient (Wildman–Crippen LogP) is 18.9. The minimum atomic E-state index is -0.239. The van der Waals surface area contributed by atoms with Gasteiger partial charge in [-0.15, -0.1) is 0 Å². The molecule has 69 heavy (non-hydrogen) atoms. The summed E-state index contributed by atoms with van der Waals surface area (Å²) < 4.78 is 0. The van der Waals surface area contributed by atoms with Gasteiger partial charge < -0.3 is 9.80 Å². The Balaban J connectivity index is 0.897. The highest BCUT2D eigenvalue weighted by Crippen LogP contribution is 2.56. The van der Waals surface area contributed by atoms with Gasteiger partial charge in [-0.1, -0.05) is 190 Å². The van der Waals surface area contributed by atoms with Crippen molar-refractivity contribution >= 4 is 77.2 Å². The van der Waals surface area contributed by atoms with Crippen LogP contribution in [0.25, 0.3) is 76.5 Å². The third-order valence-corrected chi connectivity index (χ3v) is 14.6. The van der Waals surface area contributed by atoms with Crippen molar-refractivity contribution in [1.82, 2.24) is 0 Å². The molecule has 2 heteroatoms. The zero-order valence-electron chi connectivity index (χ0n) is 38.6. The molecule has 0 spiro atoms. The molecule has 0 N–H and O–H groups in total. The van der Waals surface area contributed by atoms with Crippen molar-refractivity contribution in [2.24, 2.45) is 0 Å². The van der Waals surface area contributed by atoms with Gasteiger partial charge in [0, 0.05) is 39.2 Å². The van der Waals surface area contributed by atoms with E-state index in [0.717, 1.165) is 34.1 Å². The van der Waals surface area contributed by atoms with E-state index in [1.165, 1.54) is 87.6 Å². The largest absolute Gasteiger partial charge is 0.310 e. The van der Waals surface area contributed by atoms with E-state index in [1.54, 1.807) is 0 Å². The number of nitrogens with zero attached hydrogens (tertiary/aromatic N) is 2. The Morgan fingerprint density at radius 2 is 0.812 bits per heavy atom. The Morgan fingerprint density at radius 1 is 0.290 bits per heavy atom. The molecule has 13 rings (SSSR count). The lowest BCUT2D eigenvalue weighted by atomic mass is 9.78. The summed E-state index contributed by atoms with van der Waals surface area (Å²) in [4.78, 5) is 4.72. The van der Waals surface area contributed by atoms with Crippen LogP contribution in [0.15, 0.2) is 255 Å². The maximum atomic E-state index is 2.46. The summed E-state index contributed by atoms with van der Waals surface area (Å²) in [6.07, 6.45) is 0. The maximum absolute atomic E-state index is 2.46. The highest BCUT2D eigenvalue weighted by atomic mass is 15.1. The van der Waals surface area contributed by atoms with Crippen molar-refractivity contribution in [3.63, 3.8) is 0 Å².